The third-order valence-electron chi connectivity index (χ3n) is 4.78. The number of aliphatic carboxylic acids is 1. The van der Waals surface area contributed by atoms with E-state index in [1.54, 1.807) is 11.3 Å². The van der Waals surface area contributed by atoms with Crippen LogP contribution < -0.4 is 0 Å². The Kier molecular flexibility index (Phi) is 8.02. The molecule has 3 heterocycles. The van der Waals surface area contributed by atoms with Gasteiger partial charge in [0.2, 0.25) is 0 Å². The van der Waals surface area contributed by atoms with Crippen molar-refractivity contribution < 1.29 is 27.9 Å². The molecule has 1 amide bonds. The molecule has 0 bridgehead atoms. The van der Waals surface area contributed by atoms with Crippen molar-refractivity contribution in [2.24, 2.45) is 0 Å². The molecule has 1 N–H and O–H groups in total. The Hall–Kier alpha value is -2.40. The maximum absolute atomic E-state index is 12.7. The number of imidazole rings is 1. The normalized spacial score (nSPS) is 14.2. The van der Waals surface area contributed by atoms with E-state index in [0.717, 1.165) is 37.3 Å². The van der Waals surface area contributed by atoms with Gasteiger partial charge in [-0.2, -0.15) is 24.5 Å². The van der Waals surface area contributed by atoms with Crippen LogP contribution in [0.2, 0.25) is 0 Å². The van der Waals surface area contributed by atoms with Gasteiger partial charge in [0.1, 0.15) is 0 Å². The summed E-state index contributed by atoms with van der Waals surface area (Å²) in [6, 6.07) is 2.38. The number of alkyl halides is 3. The Morgan fingerprint density at radius 3 is 2.53 bits per heavy atom. The number of nitrogens with zero attached hydrogens (tertiary/aromatic N) is 4. The highest BCUT2D eigenvalue weighted by atomic mass is 32.1. The molecule has 0 saturated heterocycles. The van der Waals surface area contributed by atoms with Gasteiger partial charge < -0.3 is 14.6 Å². The monoisotopic (exact) mass is 446 g/mol. The van der Waals surface area contributed by atoms with E-state index in [0.29, 0.717) is 12.6 Å². The fraction of sp³-hybridized carbons (Fsp3) is 0.526. The molecule has 7 nitrogen and oxygen atoms in total. The van der Waals surface area contributed by atoms with Crippen molar-refractivity contribution in [3.8, 4) is 0 Å². The molecular formula is C19H25F3N4O3S. The first-order valence-corrected chi connectivity index (χ1v) is 10.3. The molecular weight excluding hydrogens is 421 g/mol. The van der Waals surface area contributed by atoms with Gasteiger partial charge in [-0.05, 0) is 38.8 Å². The number of carboxylic acid groups (broad SMARTS) is 1. The van der Waals surface area contributed by atoms with Crippen molar-refractivity contribution >= 4 is 23.2 Å². The quantitative estimate of drug-likeness (QED) is 0.778. The van der Waals surface area contributed by atoms with E-state index in [9.17, 15) is 18.0 Å². The number of carbonyl (C=O) groups excluding carboxylic acids is 1. The third-order valence-corrected chi connectivity index (χ3v) is 5.46. The summed E-state index contributed by atoms with van der Waals surface area (Å²) in [7, 11) is 2.11. The average Bonchev–Trinajstić information content (AvgIpc) is 3.26. The van der Waals surface area contributed by atoms with Crippen molar-refractivity contribution in [1.29, 1.82) is 0 Å². The van der Waals surface area contributed by atoms with Crippen LogP contribution in [0.5, 0.6) is 0 Å². The minimum Gasteiger partial charge on any atom is -0.475 e. The van der Waals surface area contributed by atoms with Gasteiger partial charge in [0.15, 0.2) is 0 Å². The van der Waals surface area contributed by atoms with Crippen LogP contribution in [0.15, 0.2) is 23.2 Å². The molecule has 3 rings (SSSR count). The first-order valence-electron chi connectivity index (χ1n) is 9.35. The van der Waals surface area contributed by atoms with Gasteiger partial charge in [-0.1, -0.05) is 0 Å². The van der Waals surface area contributed by atoms with Gasteiger partial charge in [0.25, 0.3) is 5.91 Å². The number of rotatable bonds is 4. The number of amides is 1. The van der Waals surface area contributed by atoms with E-state index >= 15 is 0 Å². The molecule has 30 heavy (non-hydrogen) atoms. The van der Waals surface area contributed by atoms with Crippen molar-refractivity contribution in [2.45, 2.75) is 52.1 Å². The van der Waals surface area contributed by atoms with Gasteiger partial charge in [-0.3, -0.25) is 9.69 Å². The Bertz CT molecular complexity index is 850. The molecule has 166 valence electrons. The van der Waals surface area contributed by atoms with Crippen LogP contribution >= 0.6 is 11.3 Å². The average molecular weight is 446 g/mol. The number of hydrogen-bond acceptors (Lipinski definition) is 5. The second-order valence-corrected chi connectivity index (χ2v) is 8.02. The van der Waals surface area contributed by atoms with Crippen molar-refractivity contribution in [3.63, 3.8) is 0 Å². The lowest BCUT2D eigenvalue weighted by atomic mass is 10.2. The minimum absolute atomic E-state index is 0.129. The third kappa shape index (κ3) is 6.30. The highest BCUT2D eigenvalue weighted by molar-refractivity contribution is 7.08. The molecule has 0 aliphatic carbocycles. The Morgan fingerprint density at radius 2 is 2.00 bits per heavy atom. The van der Waals surface area contributed by atoms with Gasteiger partial charge >= 0.3 is 12.1 Å². The Balaban J connectivity index is 0.000000396. The zero-order valence-corrected chi connectivity index (χ0v) is 17.8. The highest BCUT2D eigenvalue weighted by Gasteiger charge is 2.38. The largest absolute Gasteiger partial charge is 0.490 e. The summed E-state index contributed by atoms with van der Waals surface area (Å²) >= 11 is 1.57. The SMILES string of the molecule is CC(C)N(C)Cc1ncn2c1CN(C(=O)c1ccsc1)CCC2.O=C(O)C(F)(F)F. The molecule has 2 aromatic heterocycles. The molecule has 0 spiro atoms. The highest BCUT2D eigenvalue weighted by Crippen LogP contribution is 2.20. The summed E-state index contributed by atoms with van der Waals surface area (Å²) in [5.41, 5.74) is 3.06. The fourth-order valence-corrected chi connectivity index (χ4v) is 3.44. The summed E-state index contributed by atoms with van der Waals surface area (Å²) in [4.78, 5) is 30.4. The van der Waals surface area contributed by atoms with Gasteiger partial charge in [-0.15, -0.1) is 0 Å². The van der Waals surface area contributed by atoms with Gasteiger partial charge in [0, 0.05) is 31.1 Å². The summed E-state index contributed by atoms with van der Waals surface area (Å²) in [6.07, 6.45) is -2.18. The van der Waals surface area contributed by atoms with Crippen LogP contribution in [0.4, 0.5) is 13.2 Å². The molecule has 1 aliphatic rings. The number of hydrogen-bond donors (Lipinski definition) is 1. The van der Waals surface area contributed by atoms with Crippen LogP contribution in [0.25, 0.3) is 0 Å². The molecule has 0 aromatic carbocycles. The van der Waals surface area contributed by atoms with E-state index in [2.05, 4.69) is 35.3 Å². The summed E-state index contributed by atoms with van der Waals surface area (Å²) in [5, 5.41) is 11.0. The molecule has 0 saturated carbocycles. The number of aromatic nitrogens is 2. The first-order chi connectivity index (χ1) is 14.0. The predicted molar refractivity (Wildman–Crippen MR) is 106 cm³/mol. The van der Waals surface area contributed by atoms with Crippen molar-refractivity contribution in [1.82, 2.24) is 19.4 Å². The lowest BCUT2D eigenvalue weighted by Gasteiger charge is -2.23. The molecule has 1 aliphatic heterocycles. The number of carbonyl (C=O) groups is 2. The van der Waals surface area contributed by atoms with E-state index in [1.165, 1.54) is 5.69 Å². The van der Waals surface area contributed by atoms with Gasteiger partial charge in [0.05, 0.1) is 29.8 Å². The lowest BCUT2D eigenvalue weighted by molar-refractivity contribution is -0.192. The molecule has 0 atom stereocenters. The van der Waals surface area contributed by atoms with Crippen LogP contribution in [0, 0.1) is 0 Å². The minimum atomic E-state index is -5.08. The van der Waals surface area contributed by atoms with Crippen molar-refractivity contribution in [3.05, 3.63) is 40.1 Å². The van der Waals surface area contributed by atoms with E-state index < -0.39 is 12.1 Å². The lowest BCUT2D eigenvalue weighted by Crippen LogP contribution is -2.31. The second-order valence-electron chi connectivity index (χ2n) is 7.24. The second kappa shape index (κ2) is 10.1. The van der Waals surface area contributed by atoms with Crippen LogP contribution in [0.1, 0.15) is 42.0 Å². The molecule has 11 heteroatoms. The number of aryl methyl sites for hydroxylation is 1. The molecule has 0 radical (unpaired) electrons. The van der Waals surface area contributed by atoms with Crippen molar-refractivity contribution in [2.75, 3.05) is 13.6 Å². The number of carboxylic acids is 1. The predicted octanol–water partition coefficient (Wildman–Crippen LogP) is 3.46. The maximum Gasteiger partial charge on any atom is 0.490 e. The van der Waals surface area contributed by atoms with E-state index in [-0.39, 0.29) is 5.91 Å². The summed E-state index contributed by atoms with van der Waals surface area (Å²) < 4.78 is 33.9. The smallest absolute Gasteiger partial charge is 0.475 e. The first kappa shape index (κ1) is 23.9. The zero-order valence-electron chi connectivity index (χ0n) is 17.0. The fourth-order valence-electron chi connectivity index (χ4n) is 2.81. The number of fused-ring (bicyclic) bond motifs is 1. The Morgan fingerprint density at radius 1 is 1.33 bits per heavy atom. The zero-order chi connectivity index (χ0) is 22.5. The van der Waals surface area contributed by atoms with E-state index in [4.69, 9.17) is 9.90 Å². The van der Waals surface area contributed by atoms with Crippen LogP contribution in [-0.4, -0.2) is 62.1 Å². The molecule has 0 unspecified atom stereocenters. The summed E-state index contributed by atoms with van der Waals surface area (Å²) in [5.74, 6) is -2.63. The Labute approximate surface area is 176 Å². The van der Waals surface area contributed by atoms with E-state index in [1.807, 2.05) is 28.1 Å². The molecule has 0 fully saturated rings. The van der Waals surface area contributed by atoms with Crippen LogP contribution in [-0.2, 0) is 24.4 Å². The topological polar surface area (TPSA) is 78.7 Å². The summed E-state index contributed by atoms with van der Waals surface area (Å²) in [6.45, 7) is 7.57. The standard InChI is InChI=1S/C17H24N4OS.C2HF3O2/c1-13(2)19(3)9-15-16-10-20(6-4-7-21(16)12-18-15)17(22)14-5-8-23-11-14;3-2(4,5)1(6)7/h5,8,11-13H,4,6-7,9-10H2,1-3H3;(H,6,7). The van der Waals surface area contributed by atoms with Crippen LogP contribution in [0.3, 0.4) is 0 Å². The molecule has 2 aromatic rings. The number of halogens is 3. The van der Waals surface area contributed by atoms with Gasteiger partial charge in [-0.25, -0.2) is 9.78 Å². The maximum atomic E-state index is 12.7. The number of thiophene rings is 1.